The van der Waals surface area contributed by atoms with Crippen LogP contribution in [-0.2, 0) is 14.3 Å². The van der Waals surface area contributed by atoms with Gasteiger partial charge in [0.05, 0.1) is 28.7 Å². The molecule has 3 aliphatic rings. The van der Waals surface area contributed by atoms with Crippen LogP contribution < -0.4 is 51.4 Å². The monoisotopic (exact) mass is 299 g/mol. The molecule has 17 heavy (non-hydrogen) atoms. The minimum absolute atomic E-state index is 0. The Bertz CT molecular complexity index is 415. The van der Waals surface area contributed by atoms with E-state index in [1.807, 2.05) is 0 Å². The fourth-order valence-electron chi connectivity index (χ4n) is 1.65. The SMILES string of the molecule is O=C(O)C1=C(SCC2CO2)SC2CC(=O)N12.[H-].[K+]. The molecule has 88 valence electrons. The molecule has 0 aromatic heterocycles. The third kappa shape index (κ3) is 2.78. The van der Waals surface area contributed by atoms with Gasteiger partial charge in [-0.1, -0.05) is 11.8 Å². The number of epoxide rings is 1. The second kappa shape index (κ2) is 5.54. The van der Waals surface area contributed by atoms with Crippen molar-refractivity contribution >= 4 is 35.4 Å². The molecule has 3 heterocycles. The molecule has 1 N–H and O–H groups in total. The second-order valence-corrected chi connectivity index (χ2v) is 6.22. The molecule has 2 atom stereocenters. The van der Waals surface area contributed by atoms with Crippen LogP contribution in [0.15, 0.2) is 9.93 Å². The molecule has 8 heteroatoms. The van der Waals surface area contributed by atoms with Crippen LogP contribution >= 0.6 is 23.5 Å². The van der Waals surface area contributed by atoms with Crippen LogP contribution in [0.2, 0.25) is 0 Å². The summed E-state index contributed by atoms with van der Waals surface area (Å²) in [6.45, 7) is 0.763. The van der Waals surface area contributed by atoms with E-state index >= 15 is 0 Å². The number of hydrogen-bond donors (Lipinski definition) is 1. The third-order valence-corrected chi connectivity index (χ3v) is 5.28. The smallest absolute Gasteiger partial charge is 1.00 e. The molecule has 0 bridgehead atoms. The van der Waals surface area contributed by atoms with Crippen molar-refractivity contribution < 1.29 is 72.2 Å². The summed E-state index contributed by atoms with van der Waals surface area (Å²) in [6, 6.07) is 0. The van der Waals surface area contributed by atoms with Gasteiger partial charge >= 0.3 is 57.4 Å². The van der Waals surface area contributed by atoms with E-state index in [9.17, 15) is 9.59 Å². The van der Waals surface area contributed by atoms with Crippen molar-refractivity contribution in [3.63, 3.8) is 0 Å². The van der Waals surface area contributed by atoms with E-state index in [4.69, 9.17) is 9.84 Å². The number of carboxylic acid groups (broad SMARTS) is 1. The minimum atomic E-state index is -1.01. The summed E-state index contributed by atoms with van der Waals surface area (Å²) in [4.78, 5) is 23.8. The quantitative estimate of drug-likeness (QED) is 0.361. The molecule has 1 amide bonds. The summed E-state index contributed by atoms with van der Waals surface area (Å²) in [5.41, 5.74) is 0.164. The topological polar surface area (TPSA) is 70.1 Å². The number of carboxylic acids is 1. The number of β-lactam (4-membered cyclic amide) rings is 1. The van der Waals surface area contributed by atoms with Gasteiger partial charge in [0.15, 0.2) is 5.70 Å². The summed E-state index contributed by atoms with van der Waals surface area (Å²) in [5.74, 6) is -0.330. The van der Waals surface area contributed by atoms with Gasteiger partial charge in [-0.2, -0.15) is 0 Å². The molecule has 3 rings (SSSR count). The van der Waals surface area contributed by atoms with E-state index in [-0.39, 0.29) is 75.9 Å². The third-order valence-electron chi connectivity index (χ3n) is 2.59. The van der Waals surface area contributed by atoms with Crippen LogP contribution in [0, 0.1) is 0 Å². The Hall–Kier alpha value is 0.976. The number of carbonyl (C=O) groups is 2. The maximum Gasteiger partial charge on any atom is 1.00 e. The first-order chi connectivity index (χ1) is 7.66. The molecule has 0 aliphatic carbocycles. The summed E-state index contributed by atoms with van der Waals surface area (Å²) >= 11 is 2.97. The van der Waals surface area contributed by atoms with E-state index in [1.165, 1.54) is 28.4 Å². The van der Waals surface area contributed by atoms with E-state index in [2.05, 4.69) is 0 Å². The summed E-state index contributed by atoms with van der Waals surface area (Å²) in [5, 5.41) is 9.11. The summed E-state index contributed by atoms with van der Waals surface area (Å²) < 4.78 is 5.82. The number of hydrogen-bond acceptors (Lipinski definition) is 5. The Morgan fingerprint density at radius 2 is 2.41 bits per heavy atom. The van der Waals surface area contributed by atoms with Crippen molar-refractivity contribution in [2.24, 2.45) is 0 Å². The average molecular weight is 299 g/mol. The van der Waals surface area contributed by atoms with Crippen LogP contribution in [0.4, 0.5) is 0 Å². The molecule has 2 fully saturated rings. The molecule has 0 radical (unpaired) electrons. The maximum atomic E-state index is 11.3. The van der Waals surface area contributed by atoms with E-state index < -0.39 is 5.97 Å². The van der Waals surface area contributed by atoms with Crippen LogP contribution in [0.25, 0.3) is 0 Å². The fraction of sp³-hybridized carbons (Fsp3) is 0.556. The molecule has 5 nitrogen and oxygen atoms in total. The fourth-order valence-corrected chi connectivity index (χ4v) is 4.41. The van der Waals surface area contributed by atoms with Gasteiger partial charge in [0.1, 0.15) is 0 Å². The predicted molar refractivity (Wildman–Crippen MR) is 60.8 cm³/mol. The van der Waals surface area contributed by atoms with Gasteiger partial charge in [-0.05, 0) is 0 Å². The van der Waals surface area contributed by atoms with Crippen molar-refractivity contribution in [1.82, 2.24) is 4.90 Å². The van der Waals surface area contributed by atoms with Gasteiger partial charge in [-0.15, -0.1) is 11.8 Å². The number of ether oxygens (including phenoxy) is 1. The standard InChI is InChI=1S/C9H9NO4S2.K.H/c11-5-1-6-10(5)7(8(12)13)9(16-6)15-3-4-2-14-4;;/h4,6H,1-3H2,(H,12,13);;/q;+1;-1. The van der Waals surface area contributed by atoms with Crippen molar-refractivity contribution in [2.45, 2.75) is 17.9 Å². The first-order valence-corrected chi connectivity index (χ1v) is 6.74. The largest absolute Gasteiger partial charge is 1.00 e. The second-order valence-electron chi connectivity index (χ2n) is 3.75. The average Bonchev–Trinajstić information content (AvgIpc) is 2.98. The van der Waals surface area contributed by atoms with E-state index in [0.717, 1.165) is 16.6 Å². The zero-order valence-electron chi connectivity index (χ0n) is 10.2. The van der Waals surface area contributed by atoms with Crippen LogP contribution in [0.5, 0.6) is 0 Å². The zero-order chi connectivity index (χ0) is 11.3. The Morgan fingerprint density at radius 3 is 2.94 bits per heavy atom. The Kier molecular flexibility index (Phi) is 4.69. The van der Waals surface area contributed by atoms with Crippen molar-refractivity contribution in [3.05, 3.63) is 9.93 Å². The number of thioether (sulfide) groups is 2. The number of nitrogens with zero attached hydrogens (tertiary/aromatic N) is 1. The van der Waals surface area contributed by atoms with Gasteiger partial charge in [-0.3, -0.25) is 9.69 Å². The molecule has 0 spiro atoms. The van der Waals surface area contributed by atoms with Crippen LogP contribution in [0.1, 0.15) is 7.85 Å². The van der Waals surface area contributed by atoms with Gasteiger partial charge in [0, 0.05) is 5.75 Å². The van der Waals surface area contributed by atoms with Gasteiger partial charge in [-0.25, -0.2) is 4.79 Å². The molecule has 2 saturated heterocycles. The van der Waals surface area contributed by atoms with Crippen LogP contribution in [0.3, 0.4) is 0 Å². The van der Waals surface area contributed by atoms with Gasteiger partial charge in [0.25, 0.3) is 0 Å². The van der Waals surface area contributed by atoms with Crippen molar-refractivity contribution in [1.29, 1.82) is 0 Å². The minimum Gasteiger partial charge on any atom is -1.00 e. The molecule has 0 aromatic rings. The number of aliphatic carboxylic acids is 1. The van der Waals surface area contributed by atoms with Crippen LogP contribution in [-0.4, -0.2) is 45.7 Å². The van der Waals surface area contributed by atoms with E-state index in [1.54, 1.807) is 0 Å². The molecular formula is C9H10KNO4S2. The van der Waals surface area contributed by atoms with E-state index in [0.29, 0.717) is 6.42 Å². The normalized spacial score (nSPS) is 29.6. The summed E-state index contributed by atoms with van der Waals surface area (Å²) in [7, 11) is 0. The molecule has 2 unspecified atom stereocenters. The maximum absolute atomic E-state index is 11.3. The first kappa shape index (κ1) is 14.4. The molecule has 0 saturated carbocycles. The van der Waals surface area contributed by atoms with Crippen molar-refractivity contribution in [3.8, 4) is 0 Å². The number of carbonyl (C=O) groups excluding carboxylic acids is 1. The zero-order valence-corrected chi connectivity index (χ0v) is 14.0. The van der Waals surface area contributed by atoms with Gasteiger partial charge in [0.2, 0.25) is 5.91 Å². The van der Waals surface area contributed by atoms with Crippen molar-refractivity contribution in [2.75, 3.05) is 12.4 Å². The van der Waals surface area contributed by atoms with Gasteiger partial charge < -0.3 is 11.3 Å². The number of amides is 1. The summed E-state index contributed by atoms with van der Waals surface area (Å²) in [6.07, 6.45) is 0.711. The first-order valence-electron chi connectivity index (χ1n) is 4.87. The Morgan fingerprint density at radius 1 is 1.71 bits per heavy atom. The molecular weight excluding hydrogens is 289 g/mol. The molecule has 3 aliphatic heterocycles. The predicted octanol–water partition coefficient (Wildman–Crippen LogP) is -2.21. The Labute approximate surface area is 151 Å². The number of fused-ring (bicyclic) bond motifs is 1. The molecule has 0 aromatic carbocycles. The Balaban J connectivity index is 0.000000810. The number of rotatable bonds is 4.